The van der Waals surface area contributed by atoms with Gasteiger partial charge in [-0.05, 0) is 80.8 Å². The average molecular weight is 568 g/mol. The van der Waals surface area contributed by atoms with Crippen LogP contribution in [0.25, 0.3) is 10.9 Å². The minimum atomic E-state index is 0. The van der Waals surface area contributed by atoms with E-state index in [0.29, 0.717) is 24.8 Å². The van der Waals surface area contributed by atoms with Crippen molar-refractivity contribution in [3.63, 3.8) is 0 Å². The van der Waals surface area contributed by atoms with Gasteiger partial charge in [-0.3, -0.25) is 9.69 Å². The van der Waals surface area contributed by atoms with Gasteiger partial charge in [-0.15, -0.1) is 12.4 Å². The van der Waals surface area contributed by atoms with Crippen LogP contribution in [-0.4, -0.2) is 46.6 Å². The number of carbonyl (C=O) groups is 1. The van der Waals surface area contributed by atoms with E-state index in [2.05, 4.69) is 59.5 Å². The highest BCUT2D eigenvalue weighted by molar-refractivity contribution is 5.85. The Morgan fingerprint density at radius 3 is 2.70 bits per heavy atom. The van der Waals surface area contributed by atoms with Gasteiger partial charge in [-0.2, -0.15) is 0 Å². The first-order chi connectivity index (χ1) is 19.0. The molecule has 0 saturated carbocycles. The fourth-order valence-electron chi connectivity index (χ4n) is 6.63. The number of phenols is 1. The zero-order valence-corrected chi connectivity index (χ0v) is 25.4. The fraction of sp³-hybridized carbons (Fsp3) is 0.559. The summed E-state index contributed by atoms with van der Waals surface area (Å²) in [5.74, 6) is 0.555. The molecule has 1 saturated heterocycles. The molecule has 1 aliphatic heterocycles. The lowest BCUT2D eigenvalue weighted by molar-refractivity contribution is -0.121. The largest absolute Gasteiger partial charge is 0.508 e. The van der Waals surface area contributed by atoms with Crippen LogP contribution in [0.15, 0.2) is 54.7 Å². The smallest absolute Gasteiger partial charge is 0.220 e. The molecule has 1 amide bonds. The molecule has 6 heteroatoms. The molecular weight excluding hydrogens is 518 g/mol. The fourth-order valence-corrected chi connectivity index (χ4v) is 6.63. The normalized spacial score (nSPS) is 18.6. The summed E-state index contributed by atoms with van der Waals surface area (Å²) in [6.07, 6.45) is 15.3. The second kappa shape index (κ2) is 16.1. The monoisotopic (exact) mass is 567 g/mol. The second-order valence-electron chi connectivity index (χ2n) is 11.6. The number of hydrogen-bond donors (Lipinski definition) is 3. The maximum absolute atomic E-state index is 12.3. The van der Waals surface area contributed by atoms with Crippen LogP contribution in [0.5, 0.6) is 5.75 Å². The molecule has 1 unspecified atom stereocenters. The Morgan fingerprint density at radius 1 is 1.07 bits per heavy atom. The number of benzene rings is 2. The number of halogens is 1. The summed E-state index contributed by atoms with van der Waals surface area (Å²) in [6.45, 7) is 7.60. The van der Waals surface area contributed by atoms with Crippen LogP contribution in [0.1, 0.15) is 95.6 Å². The molecule has 3 N–H and O–H groups in total. The molecule has 1 aliphatic rings. The Kier molecular flexibility index (Phi) is 12.9. The number of aromatic hydroxyl groups is 1. The standard InChI is InChI=1S/C34H49N3O2.ClH/c1-3-29(37-23-12-11-21-34(4-2,26-37)28-14-13-16-30(38)24-28)15-7-5-6-8-19-33(39)35-22-20-27-25-36-32-18-10-9-17-31(27)32;/h9-10,13-14,16-18,24-25,29,36,38H,3-8,11-12,15,19-23,26H2,1-2H3,(H,35,39);1H/t29?,34-;/m1./s1. The van der Waals surface area contributed by atoms with Crippen LogP contribution >= 0.6 is 12.4 Å². The first-order valence-electron chi connectivity index (χ1n) is 15.4. The predicted molar refractivity (Wildman–Crippen MR) is 170 cm³/mol. The molecule has 1 fully saturated rings. The molecule has 40 heavy (non-hydrogen) atoms. The minimum Gasteiger partial charge on any atom is -0.508 e. The number of nitrogens with one attached hydrogen (secondary N) is 2. The molecule has 5 nitrogen and oxygen atoms in total. The Bertz CT molecular complexity index is 1180. The molecule has 2 heterocycles. The number of likely N-dealkylation sites (tertiary alicyclic amines) is 1. The predicted octanol–water partition coefficient (Wildman–Crippen LogP) is 7.91. The summed E-state index contributed by atoms with van der Waals surface area (Å²) in [7, 11) is 0. The second-order valence-corrected chi connectivity index (χ2v) is 11.6. The SMILES string of the molecule is CCC(CCCCCCC(=O)NCCc1c[nH]c2ccccc12)N1CCCC[C@@](CC)(c2cccc(O)c2)C1.Cl. The van der Waals surface area contributed by atoms with Crippen LogP contribution in [0.3, 0.4) is 0 Å². The summed E-state index contributed by atoms with van der Waals surface area (Å²) in [5.41, 5.74) is 3.84. The van der Waals surface area contributed by atoms with Crippen molar-refractivity contribution in [2.45, 2.75) is 102 Å². The number of unbranched alkanes of at least 4 members (excludes halogenated alkanes) is 3. The van der Waals surface area contributed by atoms with E-state index in [4.69, 9.17) is 0 Å². The zero-order chi connectivity index (χ0) is 27.5. The third-order valence-electron chi connectivity index (χ3n) is 9.06. The van der Waals surface area contributed by atoms with Gasteiger partial charge in [0.05, 0.1) is 0 Å². The van der Waals surface area contributed by atoms with Gasteiger partial charge >= 0.3 is 0 Å². The number of para-hydroxylation sites is 1. The topological polar surface area (TPSA) is 68.4 Å². The van der Waals surface area contributed by atoms with Crippen molar-refractivity contribution >= 4 is 29.2 Å². The van der Waals surface area contributed by atoms with Gasteiger partial charge in [0.25, 0.3) is 0 Å². The van der Waals surface area contributed by atoms with Crippen LogP contribution in [-0.2, 0) is 16.6 Å². The van der Waals surface area contributed by atoms with E-state index >= 15 is 0 Å². The van der Waals surface area contributed by atoms with Crippen LogP contribution in [0, 0.1) is 0 Å². The van der Waals surface area contributed by atoms with Gasteiger partial charge < -0.3 is 15.4 Å². The number of amides is 1. The van der Waals surface area contributed by atoms with Crippen LogP contribution < -0.4 is 5.32 Å². The number of hydrogen-bond acceptors (Lipinski definition) is 3. The number of aromatic nitrogens is 1. The van der Waals surface area contributed by atoms with Gasteiger partial charge in [0.15, 0.2) is 0 Å². The van der Waals surface area contributed by atoms with E-state index in [1.165, 1.54) is 68.0 Å². The van der Waals surface area contributed by atoms with Crippen LogP contribution in [0.4, 0.5) is 0 Å². The first kappa shape index (κ1) is 32.0. The Hall–Kier alpha value is -2.50. The van der Waals surface area contributed by atoms with Gasteiger partial charge in [0, 0.05) is 48.1 Å². The third kappa shape index (κ3) is 8.50. The summed E-state index contributed by atoms with van der Waals surface area (Å²) in [5, 5.41) is 14.5. The molecule has 0 bridgehead atoms. The molecule has 3 aromatic rings. The molecule has 2 aromatic carbocycles. The number of H-pyrrole nitrogens is 1. The minimum absolute atomic E-state index is 0. The summed E-state index contributed by atoms with van der Waals surface area (Å²) in [4.78, 5) is 18.4. The number of phenolic OH excluding ortho intramolecular Hbond substituents is 1. The maximum Gasteiger partial charge on any atom is 0.220 e. The summed E-state index contributed by atoms with van der Waals surface area (Å²) in [6, 6.07) is 16.9. The lowest BCUT2D eigenvalue weighted by Gasteiger charge is -2.39. The highest BCUT2D eigenvalue weighted by Crippen LogP contribution is 2.39. The molecular formula is C34H50ClN3O2. The van der Waals surface area contributed by atoms with Crippen molar-refractivity contribution in [2.75, 3.05) is 19.6 Å². The third-order valence-corrected chi connectivity index (χ3v) is 9.06. The number of carbonyl (C=O) groups excluding carboxylic acids is 1. The number of fused-ring (bicyclic) bond motifs is 1. The van der Waals surface area contributed by atoms with Crippen molar-refractivity contribution < 1.29 is 9.90 Å². The molecule has 1 aromatic heterocycles. The van der Waals surface area contributed by atoms with E-state index < -0.39 is 0 Å². The quantitative estimate of drug-likeness (QED) is 0.173. The lowest BCUT2D eigenvalue weighted by Crippen LogP contribution is -2.44. The van der Waals surface area contributed by atoms with Crippen molar-refractivity contribution in [3.05, 3.63) is 65.9 Å². The number of nitrogens with zero attached hydrogens (tertiary/aromatic N) is 1. The van der Waals surface area contributed by atoms with Crippen molar-refractivity contribution in [3.8, 4) is 5.75 Å². The molecule has 0 aliphatic carbocycles. The maximum atomic E-state index is 12.3. The van der Waals surface area contributed by atoms with Crippen molar-refractivity contribution in [1.82, 2.24) is 15.2 Å². The van der Waals surface area contributed by atoms with Crippen molar-refractivity contribution in [2.24, 2.45) is 0 Å². The van der Waals surface area contributed by atoms with E-state index in [0.717, 1.165) is 37.7 Å². The molecule has 2 atom stereocenters. The van der Waals surface area contributed by atoms with E-state index in [1.807, 2.05) is 18.2 Å². The Morgan fingerprint density at radius 2 is 1.90 bits per heavy atom. The average Bonchev–Trinajstić information content (AvgIpc) is 3.23. The van der Waals surface area contributed by atoms with Gasteiger partial charge in [0.2, 0.25) is 5.91 Å². The molecule has 220 valence electrons. The van der Waals surface area contributed by atoms with E-state index in [-0.39, 0.29) is 23.7 Å². The molecule has 4 rings (SSSR count). The van der Waals surface area contributed by atoms with Crippen LogP contribution in [0.2, 0.25) is 0 Å². The number of rotatable bonds is 14. The molecule has 0 radical (unpaired) electrons. The molecule has 0 spiro atoms. The first-order valence-corrected chi connectivity index (χ1v) is 15.4. The zero-order valence-electron chi connectivity index (χ0n) is 24.6. The summed E-state index contributed by atoms with van der Waals surface area (Å²) < 4.78 is 0. The van der Waals surface area contributed by atoms with Crippen molar-refractivity contribution in [1.29, 1.82) is 0 Å². The highest BCUT2D eigenvalue weighted by Gasteiger charge is 2.36. The lowest BCUT2D eigenvalue weighted by atomic mass is 9.74. The Labute approximate surface area is 247 Å². The summed E-state index contributed by atoms with van der Waals surface area (Å²) >= 11 is 0. The number of aromatic amines is 1. The Balaban J connectivity index is 0.00000441. The van der Waals surface area contributed by atoms with E-state index in [9.17, 15) is 9.90 Å². The van der Waals surface area contributed by atoms with E-state index in [1.54, 1.807) is 6.07 Å². The van der Waals surface area contributed by atoms with Gasteiger partial charge in [-0.25, -0.2) is 0 Å². The van der Waals surface area contributed by atoms with Gasteiger partial charge in [0.1, 0.15) is 5.75 Å². The highest BCUT2D eigenvalue weighted by atomic mass is 35.5. The van der Waals surface area contributed by atoms with Gasteiger partial charge in [-0.1, -0.05) is 69.9 Å².